The highest BCUT2D eigenvalue weighted by Gasteiger charge is 2.40. The number of hydroxylamine groups is 1. The van der Waals surface area contributed by atoms with Crippen LogP contribution in [-0.4, -0.2) is 36.6 Å². The summed E-state index contributed by atoms with van der Waals surface area (Å²) in [6, 6.07) is 12.2. The Bertz CT molecular complexity index is 636. The maximum atomic E-state index is 6.21. The summed E-state index contributed by atoms with van der Waals surface area (Å²) in [4.78, 5) is 12.7. The molecule has 2 atom stereocenters. The molecule has 0 amide bonds. The van der Waals surface area contributed by atoms with Crippen LogP contribution in [0.25, 0.3) is 0 Å². The van der Waals surface area contributed by atoms with Crippen molar-refractivity contribution in [3.63, 3.8) is 0 Å². The lowest BCUT2D eigenvalue weighted by atomic mass is 10.0. The van der Waals surface area contributed by atoms with Crippen LogP contribution in [0.4, 0.5) is 5.69 Å². The third-order valence-corrected chi connectivity index (χ3v) is 4.07. The van der Waals surface area contributed by atoms with Crippen LogP contribution in [0.3, 0.4) is 0 Å². The van der Waals surface area contributed by atoms with E-state index in [1.165, 1.54) is 0 Å². The molecule has 1 saturated heterocycles. The first-order chi connectivity index (χ1) is 10.7. The van der Waals surface area contributed by atoms with E-state index in [0.29, 0.717) is 5.88 Å². The first kappa shape index (κ1) is 13.5. The first-order valence-electron chi connectivity index (χ1n) is 7.55. The highest BCUT2D eigenvalue weighted by Crippen LogP contribution is 2.48. The minimum absolute atomic E-state index is 0.159. The molecule has 4 rings (SSSR count). The zero-order valence-corrected chi connectivity index (χ0v) is 12.8. The predicted octanol–water partition coefficient (Wildman–Crippen LogP) is 3.00. The summed E-state index contributed by atoms with van der Waals surface area (Å²) in [5.41, 5.74) is 2.05. The number of hydrogen-bond acceptors (Lipinski definition) is 5. The quantitative estimate of drug-likeness (QED) is 0.852. The van der Waals surface area contributed by atoms with E-state index in [1.807, 2.05) is 35.4 Å². The van der Waals surface area contributed by atoms with Crippen LogP contribution >= 0.6 is 0 Å². The molecule has 1 aromatic heterocycles. The van der Waals surface area contributed by atoms with Gasteiger partial charge in [-0.05, 0) is 32.3 Å². The van der Waals surface area contributed by atoms with E-state index in [-0.39, 0.29) is 12.1 Å². The van der Waals surface area contributed by atoms with Crippen molar-refractivity contribution in [2.75, 3.05) is 25.7 Å². The van der Waals surface area contributed by atoms with Crippen molar-refractivity contribution in [2.45, 2.75) is 18.6 Å². The van der Waals surface area contributed by atoms with E-state index < -0.39 is 0 Å². The number of fused-ring (bicyclic) bond motifs is 5. The summed E-state index contributed by atoms with van der Waals surface area (Å²) >= 11 is 0. The number of nitrogens with zero attached hydrogens (tertiary/aromatic N) is 3. The molecule has 2 aromatic rings. The molecule has 0 radical (unpaired) electrons. The highest BCUT2D eigenvalue weighted by atomic mass is 16.7. The van der Waals surface area contributed by atoms with E-state index in [2.05, 4.69) is 30.0 Å². The molecule has 1 aromatic carbocycles. The van der Waals surface area contributed by atoms with Crippen molar-refractivity contribution in [3.8, 4) is 11.6 Å². The summed E-state index contributed by atoms with van der Waals surface area (Å²) in [5, 5.41) is 1.97. The van der Waals surface area contributed by atoms with Crippen LogP contribution in [0.15, 0.2) is 42.6 Å². The van der Waals surface area contributed by atoms with Gasteiger partial charge in [-0.15, -0.1) is 0 Å². The smallest absolute Gasteiger partial charge is 0.245 e. The first-order valence-corrected chi connectivity index (χ1v) is 7.55. The molecule has 114 valence electrons. The molecule has 5 heteroatoms. The van der Waals surface area contributed by atoms with Crippen molar-refractivity contribution >= 4 is 5.69 Å². The molecule has 0 unspecified atom stereocenters. The number of benzene rings is 1. The molecule has 0 aliphatic carbocycles. The summed E-state index contributed by atoms with van der Waals surface area (Å²) in [6.45, 7) is 0.894. The second kappa shape index (κ2) is 5.26. The monoisotopic (exact) mass is 297 g/mol. The molecule has 0 spiro atoms. The number of anilines is 1. The van der Waals surface area contributed by atoms with Crippen LogP contribution in [0, 0.1) is 0 Å². The van der Waals surface area contributed by atoms with E-state index in [4.69, 9.17) is 9.57 Å². The van der Waals surface area contributed by atoms with Crippen molar-refractivity contribution < 1.29 is 9.57 Å². The molecule has 2 aliphatic rings. The van der Waals surface area contributed by atoms with Crippen molar-refractivity contribution in [1.82, 2.24) is 9.88 Å². The lowest BCUT2D eigenvalue weighted by molar-refractivity contribution is 0.0647. The van der Waals surface area contributed by atoms with Crippen LogP contribution in [0.5, 0.6) is 11.6 Å². The Balaban J connectivity index is 1.79. The number of rotatable bonds is 2. The van der Waals surface area contributed by atoms with Gasteiger partial charge in [0.15, 0.2) is 0 Å². The largest absolute Gasteiger partial charge is 0.437 e. The normalized spacial score (nSPS) is 22.6. The third kappa shape index (κ3) is 2.23. The van der Waals surface area contributed by atoms with E-state index in [9.17, 15) is 0 Å². The fourth-order valence-electron chi connectivity index (χ4n) is 3.20. The molecule has 3 heterocycles. The Morgan fingerprint density at radius 3 is 2.95 bits per heavy atom. The fourth-order valence-corrected chi connectivity index (χ4v) is 3.20. The summed E-state index contributed by atoms with van der Waals surface area (Å²) in [7, 11) is 4.14. The SMILES string of the molecule is CN(C)C[C@@H]1C[C@H]2c3ccccc3Oc3ncccc3N2O1. The van der Waals surface area contributed by atoms with Gasteiger partial charge in [0.2, 0.25) is 5.88 Å². The number of aromatic nitrogens is 1. The van der Waals surface area contributed by atoms with Gasteiger partial charge in [-0.25, -0.2) is 10.0 Å². The van der Waals surface area contributed by atoms with Crippen LogP contribution < -0.4 is 9.80 Å². The van der Waals surface area contributed by atoms with Crippen molar-refractivity contribution in [2.24, 2.45) is 0 Å². The Hall–Kier alpha value is -2.11. The van der Waals surface area contributed by atoms with E-state index in [0.717, 1.165) is 30.0 Å². The molecule has 2 aliphatic heterocycles. The van der Waals surface area contributed by atoms with Gasteiger partial charge in [-0.2, -0.15) is 0 Å². The van der Waals surface area contributed by atoms with Crippen LogP contribution in [0.2, 0.25) is 0 Å². The minimum atomic E-state index is 0.159. The van der Waals surface area contributed by atoms with Crippen LogP contribution in [-0.2, 0) is 4.84 Å². The zero-order valence-electron chi connectivity index (χ0n) is 12.8. The number of para-hydroxylation sites is 1. The predicted molar refractivity (Wildman–Crippen MR) is 84.0 cm³/mol. The van der Waals surface area contributed by atoms with Gasteiger partial charge in [0.1, 0.15) is 17.5 Å². The van der Waals surface area contributed by atoms with Gasteiger partial charge in [-0.3, -0.25) is 4.84 Å². The Kier molecular flexibility index (Phi) is 3.24. The minimum Gasteiger partial charge on any atom is -0.437 e. The Morgan fingerprint density at radius 2 is 2.09 bits per heavy atom. The average Bonchev–Trinajstić information content (AvgIpc) is 2.85. The average molecular weight is 297 g/mol. The summed E-state index contributed by atoms with van der Waals surface area (Å²) < 4.78 is 6.01. The standard InChI is InChI=1S/C17H19N3O2/c1-19(2)11-12-10-15-13-6-3-4-8-16(13)21-17-14(20(15)22-12)7-5-9-18-17/h3-9,12,15H,10-11H2,1-2H3/t12-,15-/m0/s1. The lowest BCUT2D eigenvalue weighted by Crippen LogP contribution is -2.27. The lowest BCUT2D eigenvalue weighted by Gasteiger charge is -2.23. The van der Waals surface area contributed by atoms with Gasteiger partial charge < -0.3 is 9.64 Å². The maximum absolute atomic E-state index is 6.21. The van der Waals surface area contributed by atoms with Gasteiger partial charge in [0.05, 0.1) is 6.04 Å². The zero-order chi connectivity index (χ0) is 15.1. The Labute approximate surface area is 130 Å². The van der Waals surface area contributed by atoms with E-state index >= 15 is 0 Å². The summed E-state index contributed by atoms with van der Waals surface area (Å²) in [6.07, 6.45) is 2.85. The van der Waals surface area contributed by atoms with Crippen molar-refractivity contribution in [3.05, 3.63) is 48.2 Å². The molecule has 22 heavy (non-hydrogen) atoms. The molecule has 0 bridgehead atoms. The molecule has 0 saturated carbocycles. The highest BCUT2D eigenvalue weighted by molar-refractivity contribution is 5.60. The molecular formula is C17H19N3O2. The molecule has 5 nitrogen and oxygen atoms in total. The van der Waals surface area contributed by atoms with Gasteiger partial charge in [0, 0.05) is 24.7 Å². The maximum Gasteiger partial charge on any atom is 0.245 e. The second-order valence-corrected chi connectivity index (χ2v) is 6.03. The number of likely N-dealkylation sites (N-methyl/N-ethyl adjacent to an activating group) is 1. The fraction of sp³-hybridized carbons (Fsp3) is 0.353. The topological polar surface area (TPSA) is 37.8 Å². The van der Waals surface area contributed by atoms with Gasteiger partial charge in [-0.1, -0.05) is 18.2 Å². The van der Waals surface area contributed by atoms with Gasteiger partial charge >= 0.3 is 0 Å². The second-order valence-electron chi connectivity index (χ2n) is 6.03. The third-order valence-electron chi connectivity index (χ3n) is 4.07. The number of ether oxygens (including phenoxy) is 1. The van der Waals surface area contributed by atoms with Gasteiger partial charge in [0.25, 0.3) is 0 Å². The van der Waals surface area contributed by atoms with Crippen molar-refractivity contribution in [1.29, 1.82) is 0 Å². The molecular weight excluding hydrogens is 278 g/mol. The Morgan fingerprint density at radius 1 is 1.23 bits per heavy atom. The van der Waals surface area contributed by atoms with E-state index in [1.54, 1.807) is 6.20 Å². The molecule has 1 fully saturated rings. The van der Waals surface area contributed by atoms with Crippen LogP contribution in [0.1, 0.15) is 18.0 Å². The number of pyridine rings is 1. The summed E-state index contributed by atoms with van der Waals surface area (Å²) in [5.74, 6) is 1.46. The molecule has 0 N–H and O–H groups in total. The number of hydrogen-bond donors (Lipinski definition) is 0.